The molecule has 0 aliphatic rings. The van der Waals surface area contributed by atoms with Crippen molar-refractivity contribution >= 4 is 11.8 Å². The van der Waals surface area contributed by atoms with Crippen molar-refractivity contribution in [1.29, 1.82) is 0 Å². The number of phenolic OH excluding ortho intramolecular Hbond substituents is 1. The fraction of sp³-hybridized carbons (Fsp3) is 0.500. The Labute approximate surface area is 95.9 Å². The van der Waals surface area contributed by atoms with Gasteiger partial charge in [0.15, 0.2) is 0 Å². The predicted octanol–water partition coefficient (Wildman–Crippen LogP) is 2.41. The Bertz CT molecular complexity index is 291. The molecule has 0 aliphatic heterocycles. The number of nitrogens with two attached hydrogens (primary N) is 1. The second-order valence-electron chi connectivity index (χ2n) is 3.71. The van der Waals surface area contributed by atoms with Crippen molar-refractivity contribution in [2.24, 2.45) is 5.73 Å². The fourth-order valence-corrected chi connectivity index (χ4v) is 2.30. The number of thioether (sulfide) groups is 1. The molecule has 0 aromatic heterocycles. The first kappa shape index (κ1) is 12.4. The molecule has 1 rings (SSSR count). The number of hydrogen-bond donors (Lipinski definition) is 2. The Kier molecular flexibility index (Phi) is 5.58. The number of rotatable bonds is 6. The van der Waals surface area contributed by atoms with E-state index in [2.05, 4.69) is 6.92 Å². The Balaban J connectivity index is 2.34. The summed E-state index contributed by atoms with van der Waals surface area (Å²) in [5, 5.41) is 9.29. The van der Waals surface area contributed by atoms with Gasteiger partial charge in [-0.3, -0.25) is 0 Å². The van der Waals surface area contributed by atoms with Gasteiger partial charge in [-0.25, -0.2) is 0 Å². The minimum absolute atomic E-state index is 0.184. The summed E-state index contributed by atoms with van der Waals surface area (Å²) in [5.74, 6) is 2.48. The highest BCUT2D eigenvalue weighted by Crippen LogP contribution is 2.13. The van der Waals surface area contributed by atoms with Gasteiger partial charge in [-0.05, 0) is 36.3 Å². The lowest BCUT2D eigenvalue weighted by atomic mass is 10.1. The summed E-state index contributed by atoms with van der Waals surface area (Å²) in [7, 11) is 0. The van der Waals surface area contributed by atoms with E-state index in [1.54, 1.807) is 12.1 Å². The van der Waals surface area contributed by atoms with Crippen molar-refractivity contribution in [3.05, 3.63) is 29.8 Å². The molecule has 0 saturated carbocycles. The van der Waals surface area contributed by atoms with Crippen LogP contribution < -0.4 is 5.73 Å². The van der Waals surface area contributed by atoms with Crippen molar-refractivity contribution in [1.82, 2.24) is 0 Å². The van der Waals surface area contributed by atoms with Crippen molar-refractivity contribution in [2.75, 3.05) is 11.5 Å². The minimum Gasteiger partial charge on any atom is -0.508 e. The summed E-state index contributed by atoms with van der Waals surface area (Å²) in [4.78, 5) is 0. The molecule has 0 aliphatic carbocycles. The SMILES string of the molecule is CCCSCC(N)Cc1cccc(O)c1. The predicted molar refractivity (Wildman–Crippen MR) is 67.4 cm³/mol. The Morgan fingerprint density at radius 3 is 2.93 bits per heavy atom. The summed E-state index contributed by atoms with van der Waals surface area (Å²) in [6, 6.07) is 7.51. The first-order valence-electron chi connectivity index (χ1n) is 5.33. The smallest absolute Gasteiger partial charge is 0.115 e. The molecule has 15 heavy (non-hydrogen) atoms. The second-order valence-corrected chi connectivity index (χ2v) is 4.86. The number of aromatic hydroxyl groups is 1. The van der Waals surface area contributed by atoms with Gasteiger partial charge in [0.05, 0.1) is 0 Å². The number of phenols is 1. The molecular weight excluding hydrogens is 206 g/mol. The summed E-state index contributed by atoms with van der Waals surface area (Å²) in [6.07, 6.45) is 2.04. The molecule has 1 aromatic carbocycles. The van der Waals surface area contributed by atoms with Crippen LogP contribution in [0.4, 0.5) is 0 Å². The number of hydrogen-bond acceptors (Lipinski definition) is 3. The van der Waals surface area contributed by atoms with E-state index < -0.39 is 0 Å². The molecule has 2 nitrogen and oxygen atoms in total. The Morgan fingerprint density at radius 2 is 2.27 bits per heavy atom. The van der Waals surface area contributed by atoms with Crippen molar-refractivity contribution < 1.29 is 5.11 Å². The van der Waals surface area contributed by atoms with Crippen LogP contribution in [-0.4, -0.2) is 22.7 Å². The van der Waals surface area contributed by atoms with Gasteiger partial charge in [0.25, 0.3) is 0 Å². The fourth-order valence-electron chi connectivity index (χ4n) is 1.42. The standard InChI is InChI=1S/C12H19NOS/c1-2-6-15-9-11(13)7-10-4-3-5-12(14)8-10/h3-5,8,11,14H,2,6-7,9,13H2,1H3. The van der Waals surface area contributed by atoms with Crippen molar-refractivity contribution in [2.45, 2.75) is 25.8 Å². The molecule has 3 N–H and O–H groups in total. The molecular formula is C12H19NOS. The largest absolute Gasteiger partial charge is 0.508 e. The molecule has 1 atom stereocenters. The van der Waals surface area contributed by atoms with Crippen LogP contribution in [0, 0.1) is 0 Å². The average molecular weight is 225 g/mol. The van der Waals surface area contributed by atoms with Crippen LogP contribution in [-0.2, 0) is 6.42 Å². The van der Waals surface area contributed by atoms with E-state index in [9.17, 15) is 5.11 Å². The van der Waals surface area contributed by atoms with Gasteiger partial charge >= 0.3 is 0 Å². The molecule has 0 radical (unpaired) electrons. The van der Waals surface area contributed by atoms with Crippen LogP contribution in [0.3, 0.4) is 0 Å². The summed E-state index contributed by atoms with van der Waals surface area (Å²) in [5.41, 5.74) is 7.10. The maximum atomic E-state index is 9.29. The van der Waals surface area contributed by atoms with Crippen molar-refractivity contribution in [3.8, 4) is 5.75 Å². The molecule has 0 fully saturated rings. The third-order valence-corrected chi connectivity index (χ3v) is 3.45. The Hall–Kier alpha value is -0.670. The molecule has 1 aromatic rings. The van der Waals surface area contributed by atoms with E-state index in [-0.39, 0.29) is 6.04 Å². The highest BCUT2D eigenvalue weighted by molar-refractivity contribution is 7.99. The van der Waals surface area contributed by atoms with Gasteiger partial charge in [-0.2, -0.15) is 11.8 Å². The summed E-state index contributed by atoms with van der Waals surface area (Å²) in [6.45, 7) is 2.17. The molecule has 0 amide bonds. The highest BCUT2D eigenvalue weighted by atomic mass is 32.2. The lowest BCUT2D eigenvalue weighted by Crippen LogP contribution is -2.25. The van der Waals surface area contributed by atoms with Crippen LogP contribution in [0.15, 0.2) is 24.3 Å². The summed E-state index contributed by atoms with van der Waals surface area (Å²) >= 11 is 1.90. The molecule has 3 heteroatoms. The van der Waals surface area contributed by atoms with Crippen LogP contribution in [0.2, 0.25) is 0 Å². The second kappa shape index (κ2) is 6.75. The van der Waals surface area contributed by atoms with Crippen LogP contribution >= 0.6 is 11.8 Å². The normalized spacial score (nSPS) is 12.7. The molecule has 0 spiro atoms. The van der Waals surface area contributed by atoms with E-state index in [0.29, 0.717) is 5.75 Å². The van der Waals surface area contributed by atoms with E-state index in [4.69, 9.17) is 5.73 Å². The van der Waals surface area contributed by atoms with Gasteiger partial charge in [0, 0.05) is 11.8 Å². The maximum absolute atomic E-state index is 9.29. The van der Waals surface area contributed by atoms with Gasteiger partial charge in [0.2, 0.25) is 0 Å². The van der Waals surface area contributed by atoms with Crippen LogP contribution in [0.25, 0.3) is 0 Å². The zero-order valence-corrected chi connectivity index (χ0v) is 9.96. The average Bonchev–Trinajstić information content (AvgIpc) is 2.18. The molecule has 0 heterocycles. The monoisotopic (exact) mass is 225 g/mol. The third-order valence-electron chi connectivity index (χ3n) is 2.09. The quantitative estimate of drug-likeness (QED) is 0.731. The first-order chi connectivity index (χ1) is 7.22. The minimum atomic E-state index is 0.184. The van der Waals surface area contributed by atoms with Gasteiger partial charge in [0.1, 0.15) is 5.75 Å². The lowest BCUT2D eigenvalue weighted by Gasteiger charge is -2.11. The van der Waals surface area contributed by atoms with Crippen LogP contribution in [0.1, 0.15) is 18.9 Å². The van der Waals surface area contributed by atoms with E-state index in [0.717, 1.165) is 17.7 Å². The van der Waals surface area contributed by atoms with Gasteiger partial charge in [-0.15, -0.1) is 0 Å². The van der Waals surface area contributed by atoms with E-state index >= 15 is 0 Å². The third kappa shape index (κ3) is 5.09. The molecule has 1 unspecified atom stereocenters. The van der Waals surface area contributed by atoms with E-state index in [1.165, 1.54) is 12.2 Å². The molecule has 0 bridgehead atoms. The Morgan fingerprint density at radius 1 is 1.47 bits per heavy atom. The van der Waals surface area contributed by atoms with Gasteiger partial charge < -0.3 is 10.8 Å². The first-order valence-corrected chi connectivity index (χ1v) is 6.49. The topological polar surface area (TPSA) is 46.2 Å². The summed E-state index contributed by atoms with van der Waals surface area (Å²) < 4.78 is 0. The zero-order valence-electron chi connectivity index (χ0n) is 9.15. The van der Waals surface area contributed by atoms with Crippen molar-refractivity contribution in [3.63, 3.8) is 0 Å². The maximum Gasteiger partial charge on any atom is 0.115 e. The lowest BCUT2D eigenvalue weighted by molar-refractivity contribution is 0.474. The number of benzene rings is 1. The van der Waals surface area contributed by atoms with Crippen LogP contribution in [0.5, 0.6) is 5.75 Å². The molecule has 0 saturated heterocycles. The van der Waals surface area contributed by atoms with Gasteiger partial charge in [-0.1, -0.05) is 19.1 Å². The highest BCUT2D eigenvalue weighted by Gasteiger charge is 2.04. The van der Waals surface area contributed by atoms with E-state index in [1.807, 2.05) is 23.9 Å². The molecule has 84 valence electrons. The zero-order chi connectivity index (χ0) is 11.1.